The summed E-state index contributed by atoms with van der Waals surface area (Å²) in [5, 5.41) is 0. The molecule has 0 radical (unpaired) electrons. The van der Waals surface area contributed by atoms with Gasteiger partial charge in [0.15, 0.2) is 0 Å². The average Bonchev–Trinajstić information content (AvgIpc) is 3.37. The molecule has 35 heavy (non-hydrogen) atoms. The van der Waals surface area contributed by atoms with Crippen LogP contribution in [0, 0.1) is 23.2 Å². The topological polar surface area (TPSA) is 53.8 Å². The van der Waals surface area contributed by atoms with Crippen molar-refractivity contribution in [3.63, 3.8) is 0 Å². The molecule has 2 aromatic rings. The molecule has 5 nitrogen and oxygen atoms in total. The standard InChI is InChI=1S/C30H40N2O3/c1-3-22(2)32(29(34)30-17-24-14-25(18-30)16-26(15-24)19-30)21-28(33)31(20-27-10-7-13-35-27)12-11-23-8-5-4-6-9-23/h4-10,13,22,24-26H,3,11-12,14-21H2,1-2H3. The van der Waals surface area contributed by atoms with Gasteiger partial charge in [0.2, 0.25) is 11.8 Å². The van der Waals surface area contributed by atoms with Crippen LogP contribution >= 0.6 is 0 Å². The molecule has 4 aliphatic carbocycles. The number of rotatable bonds is 10. The summed E-state index contributed by atoms with van der Waals surface area (Å²) >= 11 is 0. The zero-order valence-electron chi connectivity index (χ0n) is 21.3. The van der Waals surface area contributed by atoms with Gasteiger partial charge in [0.05, 0.1) is 18.2 Å². The van der Waals surface area contributed by atoms with Crippen LogP contribution in [0.15, 0.2) is 53.1 Å². The fraction of sp³-hybridized carbons (Fsp3) is 0.600. The Morgan fingerprint density at radius 2 is 1.66 bits per heavy atom. The van der Waals surface area contributed by atoms with Gasteiger partial charge in [-0.2, -0.15) is 0 Å². The number of carbonyl (C=O) groups excluding carboxylic acids is 2. The number of amides is 2. The van der Waals surface area contributed by atoms with Crippen LogP contribution in [0.25, 0.3) is 0 Å². The van der Waals surface area contributed by atoms with Gasteiger partial charge in [0.25, 0.3) is 0 Å². The highest BCUT2D eigenvalue weighted by Crippen LogP contribution is 2.60. The first-order valence-corrected chi connectivity index (χ1v) is 13.6. The second-order valence-electron chi connectivity index (χ2n) is 11.5. The molecule has 0 aliphatic heterocycles. The molecule has 5 heteroatoms. The maximum absolute atomic E-state index is 14.2. The first-order chi connectivity index (χ1) is 17.0. The minimum Gasteiger partial charge on any atom is -0.467 e. The monoisotopic (exact) mass is 476 g/mol. The zero-order chi connectivity index (χ0) is 24.4. The highest BCUT2D eigenvalue weighted by atomic mass is 16.3. The van der Waals surface area contributed by atoms with Gasteiger partial charge in [-0.1, -0.05) is 37.3 Å². The first-order valence-electron chi connectivity index (χ1n) is 13.6. The van der Waals surface area contributed by atoms with Crippen LogP contribution < -0.4 is 0 Å². The minimum absolute atomic E-state index is 0.00992. The number of benzene rings is 1. The molecule has 4 aliphatic rings. The van der Waals surface area contributed by atoms with E-state index in [0.717, 1.165) is 37.9 Å². The summed E-state index contributed by atoms with van der Waals surface area (Å²) in [6, 6.07) is 14.1. The molecule has 188 valence electrons. The lowest BCUT2D eigenvalue weighted by molar-refractivity contribution is -0.162. The largest absolute Gasteiger partial charge is 0.467 e. The lowest BCUT2D eigenvalue weighted by atomic mass is 9.49. The second-order valence-corrected chi connectivity index (χ2v) is 11.5. The van der Waals surface area contributed by atoms with Gasteiger partial charge in [-0.15, -0.1) is 0 Å². The predicted molar refractivity (Wildman–Crippen MR) is 136 cm³/mol. The summed E-state index contributed by atoms with van der Waals surface area (Å²) in [7, 11) is 0. The second kappa shape index (κ2) is 10.2. The van der Waals surface area contributed by atoms with Crippen molar-refractivity contribution in [2.45, 2.75) is 77.8 Å². The van der Waals surface area contributed by atoms with Crippen molar-refractivity contribution < 1.29 is 14.0 Å². The third kappa shape index (κ3) is 5.19. The van der Waals surface area contributed by atoms with E-state index in [-0.39, 0.29) is 29.8 Å². The Balaban J connectivity index is 1.33. The Bertz CT molecular complexity index is 965. The fourth-order valence-corrected chi connectivity index (χ4v) is 7.36. The van der Waals surface area contributed by atoms with Crippen molar-refractivity contribution in [1.82, 2.24) is 9.80 Å². The van der Waals surface area contributed by atoms with E-state index in [1.165, 1.54) is 24.8 Å². The molecule has 4 fully saturated rings. The van der Waals surface area contributed by atoms with Crippen LogP contribution in [0.2, 0.25) is 0 Å². The lowest BCUT2D eigenvalue weighted by Crippen LogP contribution is -2.57. The Kier molecular flexibility index (Phi) is 7.04. The molecule has 6 rings (SSSR count). The Hall–Kier alpha value is -2.56. The van der Waals surface area contributed by atoms with E-state index in [1.807, 2.05) is 40.1 Å². The molecule has 4 bridgehead atoms. The zero-order valence-corrected chi connectivity index (χ0v) is 21.3. The van der Waals surface area contributed by atoms with Crippen molar-refractivity contribution in [3.8, 4) is 0 Å². The van der Waals surface area contributed by atoms with E-state index in [9.17, 15) is 9.59 Å². The molecular formula is C30H40N2O3. The summed E-state index contributed by atoms with van der Waals surface area (Å²) in [6.07, 6.45) is 10.3. The fourth-order valence-electron chi connectivity index (χ4n) is 7.36. The van der Waals surface area contributed by atoms with E-state index in [1.54, 1.807) is 6.26 Å². The van der Waals surface area contributed by atoms with Crippen molar-refractivity contribution >= 4 is 11.8 Å². The first kappa shape index (κ1) is 24.1. The number of hydrogen-bond acceptors (Lipinski definition) is 3. The average molecular weight is 477 g/mol. The van der Waals surface area contributed by atoms with Crippen LogP contribution in [0.4, 0.5) is 0 Å². The van der Waals surface area contributed by atoms with E-state index in [2.05, 4.69) is 26.0 Å². The molecule has 1 aromatic carbocycles. The third-order valence-electron chi connectivity index (χ3n) is 8.97. The normalized spacial score (nSPS) is 27.5. The summed E-state index contributed by atoms with van der Waals surface area (Å²) in [6.45, 7) is 5.41. The Morgan fingerprint density at radius 1 is 1.00 bits per heavy atom. The highest BCUT2D eigenvalue weighted by molar-refractivity contribution is 5.88. The van der Waals surface area contributed by atoms with Gasteiger partial charge in [0.1, 0.15) is 12.3 Å². The maximum atomic E-state index is 14.2. The minimum atomic E-state index is -0.228. The number of nitrogens with zero attached hydrogens (tertiary/aromatic N) is 2. The maximum Gasteiger partial charge on any atom is 0.242 e. The van der Waals surface area contributed by atoms with E-state index < -0.39 is 0 Å². The van der Waals surface area contributed by atoms with Gasteiger partial charge in [0, 0.05) is 12.6 Å². The van der Waals surface area contributed by atoms with E-state index in [0.29, 0.717) is 30.8 Å². The SMILES string of the molecule is CCC(C)N(CC(=O)N(CCc1ccccc1)Cc1ccco1)C(=O)C12CC3CC(CC(C3)C1)C2. The van der Waals surface area contributed by atoms with E-state index >= 15 is 0 Å². The van der Waals surface area contributed by atoms with Gasteiger partial charge in [-0.3, -0.25) is 9.59 Å². The van der Waals surface area contributed by atoms with Gasteiger partial charge < -0.3 is 14.2 Å². The van der Waals surface area contributed by atoms with Crippen LogP contribution in [-0.2, 0) is 22.6 Å². The quantitative estimate of drug-likeness (QED) is 0.442. The van der Waals surface area contributed by atoms with Crippen LogP contribution in [0.1, 0.15) is 70.1 Å². The van der Waals surface area contributed by atoms with Crippen molar-refractivity contribution in [2.75, 3.05) is 13.1 Å². The number of furan rings is 1. The van der Waals surface area contributed by atoms with Crippen LogP contribution in [0.5, 0.6) is 0 Å². The van der Waals surface area contributed by atoms with Gasteiger partial charge >= 0.3 is 0 Å². The van der Waals surface area contributed by atoms with Gasteiger partial charge in [-0.25, -0.2) is 0 Å². The molecule has 0 spiro atoms. The van der Waals surface area contributed by atoms with Crippen LogP contribution in [0.3, 0.4) is 0 Å². The summed E-state index contributed by atoms with van der Waals surface area (Å²) in [5.74, 6) is 3.16. The van der Waals surface area contributed by atoms with Crippen molar-refractivity contribution in [2.24, 2.45) is 23.2 Å². The molecule has 0 saturated heterocycles. The third-order valence-corrected chi connectivity index (χ3v) is 8.97. The Morgan fingerprint density at radius 3 is 2.23 bits per heavy atom. The molecule has 1 atom stereocenters. The summed E-state index contributed by atoms with van der Waals surface area (Å²) in [5.41, 5.74) is 0.974. The lowest BCUT2D eigenvalue weighted by Gasteiger charge is -2.57. The number of carbonyl (C=O) groups is 2. The van der Waals surface area contributed by atoms with Crippen molar-refractivity contribution in [1.29, 1.82) is 0 Å². The molecule has 2 amide bonds. The molecule has 1 aromatic heterocycles. The molecule has 1 heterocycles. The highest BCUT2D eigenvalue weighted by Gasteiger charge is 2.56. The number of hydrogen-bond donors (Lipinski definition) is 0. The van der Waals surface area contributed by atoms with E-state index in [4.69, 9.17) is 4.42 Å². The van der Waals surface area contributed by atoms with Gasteiger partial charge in [-0.05, 0) is 93.7 Å². The smallest absolute Gasteiger partial charge is 0.242 e. The molecule has 1 unspecified atom stereocenters. The molecule has 4 saturated carbocycles. The summed E-state index contributed by atoms with van der Waals surface area (Å²) in [4.78, 5) is 31.7. The predicted octanol–water partition coefficient (Wildman–Crippen LogP) is 5.69. The Labute approximate surface area is 209 Å². The van der Waals surface area contributed by atoms with Crippen molar-refractivity contribution in [3.05, 3.63) is 60.1 Å². The molecular weight excluding hydrogens is 436 g/mol. The molecule has 0 N–H and O–H groups in total. The summed E-state index contributed by atoms with van der Waals surface area (Å²) < 4.78 is 5.58. The van der Waals surface area contributed by atoms with Crippen LogP contribution in [-0.4, -0.2) is 40.7 Å².